The number of benzene rings is 1. The van der Waals surface area contributed by atoms with Crippen LogP contribution in [0.4, 0.5) is 5.82 Å². The summed E-state index contributed by atoms with van der Waals surface area (Å²) in [6.45, 7) is 0. The Morgan fingerprint density at radius 3 is 2.71 bits per heavy atom. The van der Waals surface area contributed by atoms with Crippen molar-refractivity contribution in [2.75, 3.05) is 5.73 Å². The van der Waals surface area contributed by atoms with E-state index in [1.165, 1.54) is 18.1 Å². The summed E-state index contributed by atoms with van der Waals surface area (Å²) in [7, 11) is 0. The van der Waals surface area contributed by atoms with Crippen molar-refractivity contribution in [1.82, 2.24) is 9.97 Å². The number of nitrogens with two attached hydrogens (primary N) is 1. The van der Waals surface area contributed by atoms with E-state index in [4.69, 9.17) is 28.9 Å². The molecular formula is C11H9Cl2N3S. The Morgan fingerprint density at radius 2 is 1.94 bits per heavy atom. The van der Waals surface area contributed by atoms with E-state index in [1.807, 2.05) is 24.3 Å². The molecule has 6 heteroatoms. The van der Waals surface area contributed by atoms with Crippen LogP contribution in [-0.2, 0) is 5.75 Å². The van der Waals surface area contributed by atoms with E-state index in [9.17, 15) is 0 Å². The molecule has 0 bridgehead atoms. The minimum Gasteiger partial charge on any atom is -0.382 e. The molecule has 0 saturated carbocycles. The molecule has 0 unspecified atom stereocenters. The van der Waals surface area contributed by atoms with Crippen molar-refractivity contribution in [3.05, 3.63) is 46.2 Å². The molecule has 2 aromatic rings. The van der Waals surface area contributed by atoms with Gasteiger partial charge >= 0.3 is 0 Å². The average Bonchev–Trinajstić information content (AvgIpc) is 2.33. The zero-order valence-corrected chi connectivity index (χ0v) is 11.1. The van der Waals surface area contributed by atoms with Crippen LogP contribution >= 0.6 is 35.0 Å². The van der Waals surface area contributed by atoms with Crippen LogP contribution in [0.2, 0.25) is 10.0 Å². The van der Waals surface area contributed by atoms with Gasteiger partial charge in [-0.1, -0.05) is 53.2 Å². The van der Waals surface area contributed by atoms with E-state index in [1.54, 1.807) is 0 Å². The van der Waals surface area contributed by atoms with Crippen LogP contribution in [0, 0.1) is 0 Å². The molecule has 1 aromatic carbocycles. The topological polar surface area (TPSA) is 51.8 Å². The van der Waals surface area contributed by atoms with E-state index >= 15 is 0 Å². The third-order valence-corrected chi connectivity index (χ3v) is 4.00. The fourth-order valence-corrected chi connectivity index (χ4v) is 2.67. The maximum Gasteiger partial charge on any atom is 0.146 e. The molecule has 3 nitrogen and oxygen atoms in total. The lowest BCUT2D eigenvalue weighted by molar-refractivity contribution is 1.05. The Hall–Kier alpha value is -0.970. The van der Waals surface area contributed by atoms with Crippen molar-refractivity contribution < 1.29 is 0 Å². The number of halogens is 2. The fraction of sp³-hybridized carbons (Fsp3) is 0.0909. The van der Waals surface area contributed by atoms with Gasteiger partial charge in [0.1, 0.15) is 22.2 Å². The number of nitrogen functional groups attached to an aromatic ring is 1. The van der Waals surface area contributed by atoms with E-state index in [2.05, 4.69) is 9.97 Å². The second kappa shape index (κ2) is 5.58. The van der Waals surface area contributed by atoms with E-state index in [-0.39, 0.29) is 0 Å². The average molecular weight is 286 g/mol. The summed E-state index contributed by atoms with van der Waals surface area (Å²) in [6.07, 6.45) is 1.40. The first-order valence-corrected chi connectivity index (χ1v) is 6.55. The molecule has 0 radical (unpaired) electrons. The van der Waals surface area contributed by atoms with Crippen molar-refractivity contribution in [2.45, 2.75) is 10.8 Å². The van der Waals surface area contributed by atoms with Gasteiger partial charge in [-0.3, -0.25) is 0 Å². The molecule has 0 spiro atoms. The second-order valence-corrected chi connectivity index (χ2v) is 5.01. The normalized spacial score (nSPS) is 10.5. The Morgan fingerprint density at radius 1 is 1.18 bits per heavy atom. The molecule has 1 aromatic heterocycles. The molecule has 0 aliphatic carbocycles. The molecule has 1 heterocycles. The molecular weight excluding hydrogens is 277 g/mol. The van der Waals surface area contributed by atoms with Crippen LogP contribution in [0.3, 0.4) is 0 Å². The van der Waals surface area contributed by atoms with Crippen molar-refractivity contribution >= 4 is 40.8 Å². The first kappa shape index (κ1) is 12.5. The highest BCUT2D eigenvalue weighted by Crippen LogP contribution is 2.31. The number of anilines is 1. The predicted molar refractivity (Wildman–Crippen MR) is 72.5 cm³/mol. The maximum atomic E-state index is 6.06. The Kier molecular flexibility index (Phi) is 4.10. The number of aromatic nitrogens is 2. The maximum absolute atomic E-state index is 6.06. The first-order chi connectivity index (χ1) is 8.18. The number of hydrogen-bond acceptors (Lipinski definition) is 4. The third kappa shape index (κ3) is 3.03. The molecule has 17 heavy (non-hydrogen) atoms. The van der Waals surface area contributed by atoms with Crippen LogP contribution in [-0.4, -0.2) is 9.97 Å². The van der Waals surface area contributed by atoms with Crippen molar-refractivity contribution in [3.8, 4) is 0 Å². The van der Waals surface area contributed by atoms with Gasteiger partial charge in [-0.25, -0.2) is 9.97 Å². The monoisotopic (exact) mass is 285 g/mol. The smallest absolute Gasteiger partial charge is 0.146 e. The summed E-state index contributed by atoms with van der Waals surface area (Å²) >= 11 is 13.5. The molecule has 88 valence electrons. The van der Waals surface area contributed by atoms with Crippen molar-refractivity contribution in [2.24, 2.45) is 0 Å². The fourth-order valence-electron chi connectivity index (χ4n) is 1.23. The van der Waals surface area contributed by atoms with Crippen LogP contribution in [0.15, 0.2) is 35.6 Å². The molecule has 0 atom stereocenters. The summed E-state index contributed by atoms with van der Waals surface area (Å²) < 4.78 is 0. The predicted octanol–water partition coefficient (Wildman–Crippen LogP) is 3.66. The Bertz CT molecular complexity index is 534. The lowest BCUT2D eigenvalue weighted by atomic mass is 10.2. The van der Waals surface area contributed by atoms with Crippen LogP contribution in [0.5, 0.6) is 0 Å². The number of thioether (sulfide) groups is 1. The van der Waals surface area contributed by atoms with E-state index < -0.39 is 0 Å². The highest BCUT2D eigenvalue weighted by Gasteiger charge is 2.08. The van der Waals surface area contributed by atoms with Gasteiger partial charge in [-0.2, -0.15) is 0 Å². The lowest BCUT2D eigenvalue weighted by Crippen LogP contribution is -1.94. The summed E-state index contributed by atoms with van der Waals surface area (Å²) in [6, 6.07) is 7.66. The summed E-state index contributed by atoms with van der Waals surface area (Å²) in [5, 5.41) is 1.79. The molecule has 2 rings (SSSR count). The molecule has 0 amide bonds. The highest BCUT2D eigenvalue weighted by atomic mass is 35.5. The standard InChI is InChI=1S/C11H9Cl2N3S/c12-8-4-2-1-3-7(8)5-17-11-9(13)10(14)15-6-16-11/h1-4,6H,5H2,(H2,14,15,16). The van der Waals surface area contributed by atoms with Gasteiger partial charge < -0.3 is 5.73 Å². The van der Waals surface area contributed by atoms with Gasteiger partial charge in [0.05, 0.1) is 0 Å². The molecule has 2 N–H and O–H groups in total. The first-order valence-electron chi connectivity index (χ1n) is 4.80. The summed E-state index contributed by atoms with van der Waals surface area (Å²) in [5.41, 5.74) is 6.63. The van der Waals surface area contributed by atoms with Gasteiger partial charge in [0.15, 0.2) is 0 Å². The Labute approximate surface area is 113 Å². The molecule has 0 fully saturated rings. The SMILES string of the molecule is Nc1ncnc(SCc2ccccc2Cl)c1Cl. The van der Waals surface area contributed by atoms with Gasteiger partial charge in [0.25, 0.3) is 0 Å². The zero-order valence-electron chi connectivity index (χ0n) is 8.73. The van der Waals surface area contributed by atoms with Gasteiger partial charge in [0.2, 0.25) is 0 Å². The van der Waals surface area contributed by atoms with Crippen LogP contribution in [0.25, 0.3) is 0 Å². The summed E-state index contributed by atoms with van der Waals surface area (Å²) in [4.78, 5) is 7.89. The second-order valence-electron chi connectivity index (χ2n) is 3.26. The summed E-state index contributed by atoms with van der Waals surface area (Å²) in [5.74, 6) is 0.985. The van der Waals surface area contributed by atoms with E-state index in [0.29, 0.717) is 21.6 Å². The van der Waals surface area contributed by atoms with Crippen molar-refractivity contribution in [1.29, 1.82) is 0 Å². The molecule has 0 aliphatic rings. The number of rotatable bonds is 3. The highest BCUT2D eigenvalue weighted by molar-refractivity contribution is 7.98. The number of nitrogens with zero attached hydrogens (tertiary/aromatic N) is 2. The van der Waals surface area contributed by atoms with Gasteiger partial charge in [-0.15, -0.1) is 0 Å². The molecule has 0 aliphatic heterocycles. The van der Waals surface area contributed by atoms with Gasteiger partial charge in [-0.05, 0) is 11.6 Å². The largest absolute Gasteiger partial charge is 0.382 e. The Balaban J connectivity index is 2.13. The van der Waals surface area contributed by atoms with E-state index in [0.717, 1.165) is 10.6 Å². The van der Waals surface area contributed by atoms with Crippen molar-refractivity contribution in [3.63, 3.8) is 0 Å². The lowest BCUT2D eigenvalue weighted by Gasteiger charge is -2.05. The minimum atomic E-state index is 0.295. The zero-order chi connectivity index (χ0) is 12.3. The van der Waals surface area contributed by atoms with Crippen LogP contribution in [0.1, 0.15) is 5.56 Å². The minimum absolute atomic E-state index is 0.295. The quantitative estimate of drug-likeness (QED) is 0.691. The van der Waals surface area contributed by atoms with Crippen LogP contribution < -0.4 is 5.73 Å². The number of hydrogen-bond donors (Lipinski definition) is 1. The van der Waals surface area contributed by atoms with Gasteiger partial charge in [0, 0.05) is 10.8 Å². The third-order valence-electron chi connectivity index (χ3n) is 2.11. The molecule has 0 saturated heterocycles.